The van der Waals surface area contributed by atoms with Crippen LogP contribution in [-0.4, -0.2) is 37.7 Å². The molecule has 86 valence electrons. The average Bonchev–Trinajstić information content (AvgIpc) is 2.14. The topological polar surface area (TPSA) is 12.5 Å². The summed E-state index contributed by atoms with van der Waals surface area (Å²) >= 11 is 0. The third-order valence-electron chi connectivity index (χ3n) is 2.47. The number of hydrogen-bond donors (Lipinski definition) is 0. The lowest BCUT2D eigenvalue weighted by molar-refractivity contribution is -0.188. The predicted octanol–water partition coefficient (Wildman–Crippen LogP) is 2.78. The van der Waals surface area contributed by atoms with E-state index in [4.69, 9.17) is 4.74 Å². The molecular formula is C12H27NO. The maximum absolute atomic E-state index is 5.18. The summed E-state index contributed by atoms with van der Waals surface area (Å²) in [4.78, 5) is 2.52. The van der Waals surface area contributed by atoms with E-state index in [0.717, 1.165) is 13.2 Å². The lowest BCUT2D eigenvalue weighted by Crippen LogP contribution is -2.65. The van der Waals surface area contributed by atoms with Gasteiger partial charge in [0.25, 0.3) is 0 Å². The molecule has 0 radical (unpaired) electrons. The molecule has 0 aromatic heterocycles. The Kier molecular flexibility index (Phi) is 7.20. The van der Waals surface area contributed by atoms with Crippen LogP contribution in [0.4, 0.5) is 0 Å². The number of nitrogens with zero attached hydrogens (tertiary/aromatic N) is 1. The van der Waals surface area contributed by atoms with E-state index >= 15 is 0 Å². The molecule has 0 amide bonds. The third kappa shape index (κ3) is 3.25. The predicted molar refractivity (Wildman–Crippen MR) is 62.7 cm³/mol. The molecule has 2 saturated heterocycles. The van der Waals surface area contributed by atoms with E-state index in [2.05, 4.69) is 11.8 Å². The van der Waals surface area contributed by atoms with Crippen LogP contribution in [0.5, 0.6) is 0 Å². The summed E-state index contributed by atoms with van der Waals surface area (Å²) in [5, 5.41) is 0. The van der Waals surface area contributed by atoms with Crippen molar-refractivity contribution in [1.29, 1.82) is 0 Å². The van der Waals surface area contributed by atoms with Gasteiger partial charge in [0.15, 0.2) is 0 Å². The normalized spacial score (nSPS) is 22.1. The van der Waals surface area contributed by atoms with Crippen molar-refractivity contribution in [2.45, 2.75) is 41.0 Å². The molecule has 0 aromatic rings. The minimum absolute atomic E-state index is 0.620. The first-order chi connectivity index (χ1) is 6.85. The minimum Gasteiger partial charge on any atom is -0.380 e. The molecule has 0 bridgehead atoms. The van der Waals surface area contributed by atoms with Gasteiger partial charge in [0.2, 0.25) is 0 Å². The summed E-state index contributed by atoms with van der Waals surface area (Å²) in [5.74, 6) is 0. The quantitative estimate of drug-likeness (QED) is 0.681. The van der Waals surface area contributed by atoms with Gasteiger partial charge in [-0.05, 0) is 13.0 Å². The van der Waals surface area contributed by atoms with Crippen LogP contribution in [0.25, 0.3) is 0 Å². The highest BCUT2D eigenvalue weighted by atomic mass is 16.5. The maximum atomic E-state index is 5.18. The van der Waals surface area contributed by atoms with Crippen molar-refractivity contribution in [3.8, 4) is 0 Å². The van der Waals surface area contributed by atoms with Crippen molar-refractivity contribution >= 4 is 0 Å². The van der Waals surface area contributed by atoms with Crippen molar-refractivity contribution in [1.82, 2.24) is 4.90 Å². The van der Waals surface area contributed by atoms with Crippen LogP contribution >= 0.6 is 0 Å². The van der Waals surface area contributed by atoms with E-state index < -0.39 is 0 Å². The maximum Gasteiger partial charge on any atom is 0.0569 e. The molecule has 0 aromatic carbocycles. The van der Waals surface area contributed by atoms with Crippen LogP contribution in [0.15, 0.2) is 0 Å². The minimum atomic E-state index is 0.620. The van der Waals surface area contributed by atoms with E-state index in [1.807, 2.05) is 27.7 Å². The second kappa shape index (κ2) is 7.24. The van der Waals surface area contributed by atoms with E-state index in [0.29, 0.717) is 5.41 Å². The first-order valence-electron chi connectivity index (χ1n) is 6.15. The van der Waals surface area contributed by atoms with Crippen LogP contribution in [0.1, 0.15) is 41.0 Å². The highest BCUT2D eigenvalue weighted by molar-refractivity contribution is 4.98. The van der Waals surface area contributed by atoms with Crippen LogP contribution in [0.3, 0.4) is 0 Å². The number of rotatable bonds is 2. The fourth-order valence-corrected chi connectivity index (χ4v) is 1.95. The zero-order chi connectivity index (χ0) is 11.0. The van der Waals surface area contributed by atoms with Crippen molar-refractivity contribution < 1.29 is 4.74 Å². The Labute approximate surface area is 89.6 Å². The molecule has 0 aliphatic carbocycles. The summed E-state index contributed by atoms with van der Waals surface area (Å²) in [6.45, 7) is 16.1. The third-order valence-corrected chi connectivity index (χ3v) is 2.47. The SMILES string of the molecule is CC.CC.CCCN1CC2(COC2)C1. The smallest absolute Gasteiger partial charge is 0.0569 e. The van der Waals surface area contributed by atoms with Gasteiger partial charge in [0.05, 0.1) is 13.2 Å². The summed E-state index contributed by atoms with van der Waals surface area (Å²) in [5.41, 5.74) is 0.620. The zero-order valence-electron chi connectivity index (χ0n) is 10.6. The van der Waals surface area contributed by atoms with Gasteiger partial charge in [-0.1, -0.05) is 34.6 Å². The Morgan fingerprint density at radius 2 is 1.57 bits per heavy atom. The monoisotopic (exact) mass is 201 g/mol. The molecule has 14 heavy (non-hydrogen) atoms. The number of likely N-dealkylation sites (tertiary alicyclic amines) is 1. The first-order valence-corrected chi connectivity index (χ1v) is 6.15. The summed E-state index contributed by atoms with van der Waals surface area (Å²) in [6, 6.07) is 0. The Morgan fingerprint density at radius 3 is 1.86 bits per heavy atom. The van der Waals surface area contributed by atoms with Gasteiger partial charge < -0.3 is 9.64 Å². The van der Waals surface area contributed by atoms with Gasteiger partial charge in [-0.2, -0.15) is 0 Å². The Hall–Kier alpha value is -0.0800. The van der Waals surface area contributed by atoms with Gasteiger partial charge in [-0.15, -0.1) is 0 Å². The number of ether oxygens (including phenoxy) is 1. The molecule has 2 aliphatic rings. The molecule has 2 fully saturated rings. The van der Waals surface area contributed by atoms with Crippen LogP contribution in [0.2, 0.25) is 0 Å². The van der Waals surface area contributed by atoms with Crippen LogP contribution in [-0.2, 0) is 4.74 Å². The molecule has 1 spiro atoms. The summed E-state index contributed by atoms with van der Waals surface area (Å²) < 4.78 is 5.18. The zero-order valence-corrected chi connectivity index (χ0v) is 10.6. The molecule has 0 unspecified atom stereocenters. The van der Waals surface area contributed by atoms with Crippen LogP contribution < -0.4 is 0 Å². The average molecular weight is 201 g/mol. The molecule has 2 heterocycles. The highest BCUT2D eigenvalue weighted by Gasteiger charge is 2.48. The van der Waals surface area contributed by atoms with Gasteiger partial charge >= 0.3 is 0 Å². The van der Waals surface area contributed by atoms with Crippen molar-refractivity contribution in [2.75, 3.05) is 32.8 Å². The largest absolute Gasteiger partial charge is 0.380 e. The lowest BCUT2D eigenvalue weighted by atomic mass is 9.78. The van der Waals surface area contributed by atoms with E-state index in [1.54, 1.807) is 0 Å². The second-order valence-electron chi connectivity index (χ2n) is 3.70. The van der Waals surface area contributed by atoms with Crippen molar-refractivity contribution in [3.63, 3.8) is 0 Å². The van der Waals surface area contributed by atoms with E-state index in [1.165, 1.54) is 26.1 Å². The summed E-state index contributed by atoms with van der Waals surface area (Å²) in [7, 11) is 0. The molecule has 0 saturated carbocycles. The van der Waals surface area contributed by atoms with E-state index in [9.17, 15) is 0 Å². The molecule has 2 aliphatic heterocycles. The number of hydrogen-bond acceptors (Lipinski definition) is 2. The highest BCUT2D eigenvalue weighted by Crippen LogP contribution is 2.37. The lowest BCUT2D eigenvalue weighted by Gasteiger charge is -2.55. The standard InChI is InChI=1S/C8H15NO.2C2H6/c1-2-3-9-4-8(5-9)6-10-7-8;2*1-2/h2-7H2,1H3;2*1-2H3. The van der Waals surface area contributed by atoms with Gasteiger partial charge in [0.1, 0.15) is 0 Å². The second-order valence-corrected chi connectivity index (χ2v) is 3.70. The molecule has 2 nitrogen and oxygen atoms in total. The van der Waals surface area contributed by atoms with Gasteiger partial charge in [-0.25, -0.2) is 0 Å². The molecular weight excluding hydrogens is 174 g/mol. The summed E-state index contributed by atoms with van der Waals surface area (Å²) in [6.07, 6.45) is 1.29. The molecule has 2 heteroatoms. The van der Waals surface area contributed by atoms with Gasteiger partial charge in [-0.3, -0.25) is 0 Å². The van der Waals surface area contributed by atoms with E-state index in [-0.39, 0.29) is 0 Å². The molecule has 0 atom stereocenters. The van der Waals surface area contributed by atoms with Crippen molar-refractivity contribution in [2.24, 2.45) is 5.41 Å². The fourth-order valence-electron chi connectivity index (χ4n) is 1.95. The molecule has 0 N–H and O–H groups in total. The van der Waals surface area contributed by atoms with Crippen molar-refractivity contribution in [3.05, 3.63) is 0 Å². The van der Waals surface area contributed by atoms with Crippen LogP contribution in [0, 0.1) is 5.41 Å². The fraction of sp³-hybridized carbons (Fsp3) is 1.00. The Bertz CT molecular complexity index is 124. The Balaban J connectivity index is 0.000000379. The first kappa shape index (κ1) is 13.9. The van der Waals surface area contributed by atoms with Gasteiger partial charge in [0, 0.05) is 18.5 Å². The Morgan fingerprint density at radius 1 is 1.07 bits per heavy atom. The molecule has 2 rings (SSSR count).